The van der Waals surface area contributed by atoms with Gasteiger partial charge >= 0.3 is 0 Å². The van der Waals surface area contributed by atoms with Gasteiger partial charge in [-0.05, 0) is 29.7 Å². The van der Waals surface area contributed by atoms with Gasteiger partial charge in [0.15, 0.2) is 0 Å². The first kappa shape index (κ1) is 14.2. The number of carbonyl (C=O) groups is 1. The highest BCUT2D eigenvalue weighted by molar-refractivity contribution is 5.86. The van der Waals surface area contributed by atoms with Gasteiger partial charge in [-0.2, -0.15) is 0 Å². The molecule has 4 nitrogen and oxygen atoms in total. The first-order valence-electron chi connectivity index (χ1n) is 7.93. The molecule has 116 valence electrons. The van der Waals surface area contributed by atoms with Crippen LogP contribution in [0.5, 0.6) is 0 Å². The molecule has 2 saturated heterocycles. The molecule has 2 aromatic rings. The Morgan fingerprint density at radius 2 is 1.91 bits per heavy atom. The summed E-state index contributed by atoms with van der Waals surface area (Å²) < 4.78 is 0. The van der Waals surface area contributed by atoms with E-state index < -0.39 is 0 Å². The lowest BCUT2D eigenvalue weighted by atomic mass is 9.91. The first-order chi connectivity index (χ1) is 11.2. The van der Waals surface area contributed by atoms with Crippen molar-refractivity contribution in [2.45, 2.75) is 31.0 Å². The Labute approximate surface area is 135 Å². The number of benzene rings is 1. The molecule has 4 heteroatoms. The van der Waals surface area contributed by atoms with E-state index in [2.05, 4.69) is 33.9 Å². The maximum Gasteiger partial charge on any atom is 0.241 e. The van der Waals surface area contributed by atoms with E-state index in [1.807, 2.05) is 42.7 Å². The van der Waals surface area contributed by atoms with E-state index in [-0.39, 0.29) is 23.9 Å². The third kappa shape index (κ3) is 2.45. The van der Waals surface area contributed by atoms with E-state index in [1.165, 1.54) is 11.1 Å². The number of carbonyl (C=O) groups excluding carboxylic acids is 1. The Hall–Kier alpha value is -2.46. The highest BCUT2D eigenvalue weighted by atomic mass is 16.2. The van der Waals surface area contributed by atoms with Crippen molar-refractivity contribution >= 4 is 5.91 Å². The van der Waals surface area contributed by atoms with Gasteiger partial charge in [0.25, 0.3) is 0 Å². The molecule has 0 radical (unpaired) electrons. The van der Waals surface area contributed by atoms with Gasteiger partial charge in [-0.1, -0.05) is 36.9 Å². The number of hydrogen-bond acceptors (Lipinski definition) is 3. The second-order valence-corrected chi connectivity index (χ2v) is 6.26. The van der Waals surface area contributed by atoms with Crippen molar-refractivity contribution in [1.82, 2.24) is 15.2 Å². The molecule has 2 aliphatic heterocycles. The van der Waals surface area contributed by atoms with Crippen LogP contribution in [-0.2, 0) is 11.3 Å². The lowest BCUT2D eigenvalue weighted by Crippen LogP contribution is -2.53. The van der Waals surface area contributed by atoms with Crippen molar-refractivity contribution < 1.29 is 4.79 Å². The minimum absolute atomic E-state index is 0.0683. The predicted octanol–water partition coefficient (Wildman–Crippen LogP) is 2.45. The van der Waals surface area contributed by atoms with Crippen LogP contribution >= 0.6 is 0 Å². The molecule has 3 heterocycles. The second-order valence-electron chi connectivity index (χ2n) is 6.26. The van der Waals surface area contributed by atoms with Gasteiger partial charge in [-0.25, -0.2) is 0 Å². The lowest BCUT2D eigenvalue weighted by molar-refractivity contribution is -0.127. The molecule has 1 aromatic carbocycles. The van der Waals surface area contributed by atoms with Gasteiger partial charge in [0.1, 0.15) is 0 Å². The molecule has 0 aliphatic carbocycles. The van der Waals surface area contributed by atoms with Crippen LogP contribution in [0.25, 0.3) is 0 Å². The van der Waals surface area contributed by atoms with Crippen molar-refractivity contribution in [2.24, 2.45) is 0 Å². The maximum atomic E-state index is 12.4. The molecule has 0 unspecified atom stereocenters. The number of amides is 1. The number of rotatable bonds is 3. The van der Waals surface area contributed by atoms with Gasteiger partial charge < -0.3 is 5.32 Å². The number of aromatic nitrogens is 1. The average Bonchev–Trinajstić information content (AvgIpc) is 2.89. The summed E-state index contributed by atoms with van der Waals surface area (Å²) in [4.78, 5) is 18.8. The summed E-state index contributed by atoms with van der Waals surface area (Å²) in [6.45, 7) is 4.89. The Morgan fingerprint density at radius 1 is 1.17 bits per heavy atom. The van der Waals surface area contributed by atoms with E-state index >= 15 is 0 Å². The Balaban J connectivity index is 1.69. The first-order valence-corrected chi connectivity index (χ1v) is 7.93. The SMILES string of the molecule is C=C1NC(=O)[C@@H]2C[C@H](c3ccncc3)[C@H]1N2Cc1ccccc1. The monoisotopic (exact) mass is 305 g/mol. The van der Waals surface area contributed by atoms with E-state index in [4.69, 9.17) is 0 Å². The normalized spacial score (nSPS) is 27.0. The summed E-state index contributed by atoms with van der Waals surface area (Å²) in [5.74, 6) is 0.344. The van der Waals surface area contributed by atoms with Crippen LogP contribution in [-0.4, -0.2) is 27.9 Å². The second kappa shape index (κ2) is 5.63. The van der Waals surface area contributed by atoms with Crippen LogP contribution in [0.1, 0.15) is 23.5 Å². The molecule has 2 aliphatic rings. The van der Waals surface area contributed by atoms with Crippen LogP contribution in [0.3, 0.4) is 0 Å². The largest absolute Gasteiger partial charge is 0.327 e. The molecule has 2 fully saturated rings. The van der Waals surface area contributed by atoms with Gasteiger partial charge in [-0.3, -0.25) is 14.7 Å². The van der Waals surface area contributed by atoms with E-state index in [9.17, 15) is 4.79 Å². The number of nitrogens with one attached hydrogen (secondary N) is 1. The molecule has 0 saturated carbocycles. The van der Waals surface area contributed by atoms with Crippen molar-refractivity contribution in [2.75, 3.05) is 0 Å². The molecule has 3 atom stereocenters. The molecular formula is C19H19N3O. The fourth-order valence-corrected chi connectivity index (χ4v) is 3.88. The van der Waals surface area contributed by atoms with E-state index in [1.54, 1.807) is 0 Å². The quantitative estimate of drug-likeness (QED) is 0.947. The van der Waals surface area contributed by atoms with Crippen LogP contribution in [0.4, 0.5) is 0 Å². The summed E-state index contributed by atoms with van der Waals surface area (Å²) in [7, 11) is 0. The van der Waals surface area contributed by atoms with Crippen LogP contribution < -0.4 is 5.32 Å². The Kier molecular flexibility index (Phi) is 3.46. The zero-order chi connectivity index (χ0) is 15.8. The molecule has 4 rings (SSSR count). The molecule has 0 spiro atoms. The topological polar surface area (TPSA) is 45.2 Å². The zero-order valence-electron chi connectivity index (χ0n) is 12.9. The minimum atomic E-state index is -0.0936. The highest BCUT2D eigenvalue weighted by Crippen LogP contribution is 2.43. The fourth-order valence-electron chi connectivity index (χ4n) is 3.88. The average molecular weight is 305 g/mol. The van der Waals surface area contributed by atoms with E-state index in [0.717, 1.165) is 18.7 Å². The smallest absolute Gasteiger partial charge is 0.241 e. The van der Waals surface area contributed by atoms with Crippen molar-refractivity contribution in [3.63, 3.8) is 0 Å². The minimum Gasteiger partial charge on any atom is -0.327 e. The summed E-state index contributed by atoms with van der Waals surface area (Å²) in [6, 6.07) is 14.4. The Bertz CT molecular complexity index is 729. The standard InChI is InChI=1S/C19H19N3O/c1-13-18-16(15-7-9-20-10-8-15)11-17(19(23)21-13)22(18)12-14-5-3-2-4-6-14/h2-10,16-18H,1,11-12H2,(H,21,23)/t16-,17+,18+/m1/s1. The molecule has 1 N–H and O–H groups in total. The van der Waals surface area contributed by atoms with Crippen molar-refractivity contribution in [1.29, 1.82) is 0 Å². The molecular weight excluding hydrogens is 286 g/mol. The lowest BCUT2D eigenvalue weighted by Gasteiger charge is -2.37. The molecule has 1 aromatic heterocycles. The molecule has 1 amide bonds. The third-order valence-electron chi connectivity index (χ3n) is 4.90. The number of nitrogens with zero attached hydrogens (tertiary/aromatic N) is 2. The summed E-state index contributed by atoms with van der Waals surface area (Å²) in [5, 5.41) is 2.97. The third-order valence-corrected chi connectivity index (χ3v) is 4.90. The summed E-state index contributed by atoms with van der Waals surface area (Å²) >= 11 is 0. The fraction of sp³-hybridized carbons (Fsp3) is 0.263. The van der Waals surface area contributed by atoms with Gasteiger partial charge in [0.05, 0.1) is 12.1 Å². The van der Waals surface area contributed by atoms with E-state index in [0.29, 0.717) is 0 Å². The Morgan fingerprint density at radius 3 is 2.65 bits per heavy atom. The van der Waals surface area contributed by atoms with Gasteiger partial charge in [0, 0.05) is 30.6 Å². The van der Waals surface area contributed by atoms with Gasteiger partial charge in [0.2, 0.25) is 5.91 Å². The molecule has 2 bridgehead atoms. The summed E-state index contributed by atoms with van der Waals surface area (Å²) in [5.41, 5.74) is 3.25. The number of piperazine rings is 1. The van der Waals surface area contributed by atoms with Crippen molar-refractivity contribution in [3.05, 3.63) is 78.3 Å². The van der Waals surface area contributed by atoms with Gasteiger partial charge in [-0.15, -0.1) is 0 Å². The number of fused-ring (bicyclic) bond motifs is 2. The molecule has 23 heavy (non-hydrogen) atoms. The van der Waals surface area contributed by atoms with Crippen molar-refractivity contribution in [3.8, 4) is 0 Å². The zero-order valence-corrected chi connectivity index (χ0v) is 12.9. The highest BCUT2D eigenvalue weighted by Gasteiger charge is 2.49. The van der Waals surface area contributed by atoms with Crippen LogP contribution in [0, 0.1) is 0 Å². The van der Waals surface area contributed by atoms with Crippen LogP contribution in [0.2, 0.25) is 0 Å². The number of hydrogen-bond donors (Lipinski definition) is 1. The van der Waals surface area contributed by atoms with Crippen LogP contribution in [0.15, 0.2) is 67.1 Å². The predicted molar refractivity (Wildman–Crippen MR) is 88.4 cm³/mol. The number of pyridine rings is 1. The maximum absolute atomic E-state index is 12.4. The summed E-state index contributed by atoms with van der Waals surface area (Å²) in [6.07, 6.45) is 4.46.